The molecule has 5 heteroatoms. The maximum Gasteiger partial charge on any atom is 0.205 e. The lowest BCUT2D eigenvalue weighted by Gasteiger charge is -2.17. The topological polar surface area (TPSA) is 70.3 Å². The van der Waals surface area contributed by atoms with Crippen LogP contribution in [0.5, 0.6) is 0 Å². The summed E-state index contributed by atoms with van der Waals surface area (Å²) in [6.45, 7) is 6.16. The Hall–Kier alpha value is -0.810. The Balaban J connectivity index is 2.99. The van der Waals surface area contributed by atoms with E-state index in [1.54, 1.807) is 6.07 Å². The maximum atomic E-state index is 10.7. The molecule has 0 aromatic carbocycles. The molecule has 0 saturated carbocycles. The van der Waals surface area contributed by atoms with Crippen LogP contribution in [0.1, 0.15) is 45.3 Å². The fourth-order valence-corrected chi connectivity index (χ4v) is 2.22. The summed E-state index contributed by atoms with van der Waals surface area (Å²) in [6, 6.07) is 2.83. The normalized spacial score (nSPS) is 14.3. The summed E-state index contributed by atoms with van der Waals surface area (Å²) < 4.78 is 37.4. The molecule has 0 saturated heterocycles. The molecule has 0 spiro atoms. The molecule has 0 fully saturated rings. The van der Waals surface area contributed by atoms with E-state index in [-0.39, 0.29) is 5.92 Å². The Bertz CT molecular complexity index is 431. The fraction of sp³-hybridized carbons (Fsp3) is 0.636. The van der Waals surface area contributed by atoms with Crippen LogP contribution in [0, 0.1) is 5.92 Å². The molecule has 0 bridgehead atoms. The minimum atomic E-state index is -4.47. The van der Waals surface area contributed by atoms with E-state index in [0.29, 0.717) is 11.7 Å². The molecule has 0 N–H and O–H groups in total. The van der Waals surface area contributed by atoms with E-state index in [0.717, 1.165) is 12.8 Å². The largest absolute Gasteiger partial charge is 0.742 e. The lowest BCUT2D eigenvalue weighted by molar-refractivity contribution is 0.326. The van der Waals surface area contributed by atoms with Crippen LogP contribution in [-0.2, 0) is 10.1 Å². The zero-order chi connectivity index (χ0) is 12.3. The van der Waals surface area contributed by atoms with E-state index in [1.165, 1.54) is 6.07 Å². The van der Waals surface area contributed by atoms with E-state index < -0.39 is 15.2 Å². The van der Waals surface area contributed by atoms with Crippen molar-refractivity contribution in [3.05, 3.63) is 17.9 Å². The number of hydrogen-bond donors (Lipinski definition) is 0. The number of furan rings is 1. The highest BCUT2D eigenvalue weighted by Crippen LogP contribution is 2.31. The molecule has 1 aromatic rings. The van der Waals surface area contributed by atoms with Crippen LogP contribution in [0.15, 0.2) is 21.6 Å². The summed E-state index contributed by atoms with van der Waals surface area (Å²) in [5, 5.41) is -0.482. The lowest BCUT2D eigenvalue weighted by Crippen LogP contribution is -2.05. The first-order valence-corrected chi connectivity index (χ1v) is 6.82. The van der Waals surface area contributed by atoms with E-state index in [1.807, 2.05) is 13.8 Å². The van der Waals surface area contributed by atoms with Gasteiger partial charge in [-0.15, -0.1) is 0 Å². The van der Waals surface area contributed by atoms with Gasteiger partial charge in [-0.25, -0.2) is 8.42 Å². The lowest BCUT2D eigenvalue weighted by atomic mass is 9.89. The van der Waals surface area contributed by atoms with Crippen LogP contribution in [-0.4, -0.2) is 13.0 Å². The van der Waals surface area contributed by atoms with Gasteiger partial charge in [-0.05, 0) is 24.5 Å². The molecule has 4 nitrogen and oxygen atoms in total. The van der Waals surface area contributed by atoms with Gasteiger partial charge in [0, 0.05) is 5.92 Å². The summed E-state index contributed by atoms with van der Waals surface area (Å²) in [4.78, 5) is 0. The Morgan fingerprint density at radius 2 is 2.00 bits per heavy atom. The summed E-state index contributed by atoms with van der Waals surface area (Å²) in [5.74, 6) is 1.11. The molecule has 0 aliphatic heterocycles. The third kappa shape index (κ3) is 3.09. The highest BCUT2D eigenvalue weighted by atomic mass is 32.2. The van der Waals surface area contributed by atoms with Gasteiger partial charge in [0.05, 0.1) is 0 Å². The smallest absolute Gasteiger partial charge is 0.205 e. The first-order valence-electron chi connectivity index (χ1n) is 5.42. The first kappa shape index (κ1) is 13.3. The fourth-order valence-electron chi connectivity index (χ4n) is 1.78. The summed E-state index contributed by atoms with van der Waals surface area (Å²) >= 11 is 0. The number of rotatable bonds is 5. The molecule has 16 heavy (non-hydrogen) atoms. The van der Waals surface area contributed by atoms with Crippen molar-refractivity contribution in [3.8, 4) is 0 Å². The van der Waals surface area contributed by atoms with Gasteiger partial charge in [0.25, 0.3) is 0 Å². The van der Waals surface area contributed by atoms with Crippen LogP contribution in [0.2, 0.25) is 0 Å². The molecule has 1 heterocycles. The second kappa shape index (κ2) is 5.01. The molecule has 0 amide bonds. The van der Waals surface area contributed by atoms with Gasteiger partial charge in [-0.1, -0.05) is 27.2 Å². The molecule has 0 aliphatic rings. The van der Waals surface area contributed by atoms with Crippen molar-refractivity contribution in [2.75, 3.05) is 0 Å². The van der Waals surface area contributed by atoms with E-state index in [9.17, 15) is 13.0 Å². The van der Waals surface area contributed by atoms with Crippen molar-refractivity contribution < 1.29 is 17.4 Å². The Morgan fingerprint density at radius 3 is 2.38 bits per heavy atom. The Labute approximate surface area is 96.4 Å². The molecule has 1 rings (SSSR count). The molecular weight excluding hydrogens is 228 g/mol. The zero-order valence-corrected chi connectivity index (χ0v) is 10.6. The minimum absolute atomic E-state index is 0.167. The SMILES string of the molecule is CCCC(c1ccc(S(=O)(=O)[O-])o1)C(C)C. The van der Waals surface area contributed by atoms with E-state index >= 15 is 0 Å². The maximum absolute atomic E-state index is 10.7. The highest BCUT2D eigenvalue weighted by Gasteiger charge is 2.19. The summed E-state index contributed by atoms with van der Waals surface area (Å²) in [6.07, 6.45) is 1.91. The van der Waals surface area contributed by atoms with Crippen molar-refractivity contribution >= 4 is 10.1 Å². The van der Waals surface area contributed by atoms with Crippen molar-refractivity contribution in [3.63, 3.8) is 0 Å². The third-order valence-electron chi connectivity index (χ3n) is 2.62. The second-order valence-electron chi connectivity index (χ2n) is 4.25. The van der Waals surface area contributed by atoms with Gasteiger partial charge < -0.3 is 8.97 Å². The van der Waals surface area contributed by atoms with Crippen LogP contribution < -0.4 is 0 Å². The molecule has 1 aromatic heterocycles. The molecule has 1 atom stereocenters. The molecule has 1 unspecified atom stereocenters. The van der Waals surface area contributed by atoms with Crippen LogP contribution in [0.25, 0.3) is 0 Å². The van der Waals surface area contributed by atoms with Gasteiger partial charge in [0.2, 0.25) is 5.09 Å². The molecule has 0 aliphatic carbocycles. The monoisotopic (exact) mass is 245 g/mol. The van der Waals surface area contributed by atoms with Crippen molar-refractivity contribution in [2.24, 2.45) is 5.92 Å². The number of hydrogen-bond acceptors (Lipinski definition) is 4. The van der Waals surface area contributed by atoms with Crippen LogP contribution >= 0.6 is 0 Å². The quantitative estimate of drug-likeness (QED) is 0.748. The minimum Gasteiger partial charge on any atom is -0.742 e. The summed E-state index contributed by atoms with van der Waals surface area (Å²) in [5.41, 5.74) is 0. The van der Waals surface area contributed by atoms with Crippen molar-refractivity contribution in [1.82, 2.24) is 0 Å². The van der Waals surface area contributed by atoms with Gasteiger partial charge in [-0.2, -0.15) is 0 Å². The average molecular weight is 245 g/mol. The van der Waals surface area contributed by atoms with Crippen molar-refractivity contribution in [1.29, 1.82) is 0 Å². The van der Waals surface area contributed by atoms with Gasteiger partial charge in [0.15, 0.2) is 10.1 Å². The predicted octanol–water partition coefficient (Wildman–Crippen LogP) is 2.72. The third-order valence-corrected chi connectivity index (χ3v) is 3.33. The van der Waals surface area contributed by atoms with E-state index in [2.05, 4.69) is 6.92 Å². The standard InChI is InChI=1S/C11H18O4S/c1-4-5-9(8(2)3)10-6-7-11(15-10)16(12,13)14/h6-9H,4-5H2,1-3H3,(H,12,13,14)/p-1. The van der Waals surface area contributed by atoms with Crippen molar-refractivity contribution in [2.45, 2.75) is 44.6 Å². The molecule has 92 valence electrons. The molecular formula is C11H17O4S-. The van der Waals surface area contributed by atoms with Crippen LogP contribution in [0.3, 0.4) is 0 Å². The summed E-state index contributed by atoms with van der Waals surface area (Å²) in [7, 11) is -4.47. The average Bonchev–Trinajstić information content (AvgIpc) is 2.61. The highest BCUT2D eigenvalue weighted by molar-refractivity contribution is 7.85. The van der Waals surface area contributed by atoms with E-state index in [4.69, 9.17) is 4.42 Å². The first-order chi connectivity index (χ1) is 7.36. The zero-order valence-electron chi connectivity index (χ0n) is 9.76. The molecule has 0 radical (unpaired) electrons. The second-order valence-corrected chi connectivity index (χ2v) is 5.56. The Morgan fingerprint density at radius 1 is 1.38 bits per heavy atom. The predicted molar refractivity (Wildman–Crippen MR) is 59.2 cm³/mol. The van der Waals surface area contributed by atoms with Gasteiger partial charge in [-0.3, -0.25) is 0 Å². The van der Waals surface area contributed by atoms with Gasteiger partial charge >= 0.3 is 0 Å². The Kier molecular flexibility index (Phi) is 4.15. The van der Waals surface area contributed by atoms with Gasteiger partial charge in [0.1, 0.15) is 5.76 Å². The van der Waals surface area contributed by atoms with Crippen LogP contribution in [0.4, 0.5) is 0 Å².